The molecule has 0 saturated carbocycles. The summed E-state index contributed by atoms with van der Waals surface area (Å²) in [7, 11) is 0. The molecule has 13 rings (SSSR count). The first-order chi connectivity index (χ1) is 38.6. The zero-order valence-electron chi connectivity index (χ0n) is 49.5. The van der Waals surface area contributed by atoms with Crippen LogP contribution in [0.15, 0.2) is 201 Å². The number of nitrogens with zero attached hydrogens (tertiary/aromatic N) is 3. The summed E-state index contributed by atoms with van der Waals surface area (Å²) in [5.41, 5.74) is 29.4. The van der Waals surface area contributed by atoms with Gasteiger partial charge >= 0.3 is 0 Å². The van der Waals surface area contributed by atoms with E-state index in [2.05, 4.69) is 284 Å². The molecule has 0 unspecified atom stereocenters. The third-order valence-corrected chi connectivity index (χ3v) is 18.8. The molecule has 81 heavy (non-hydrogen) atoms. The van der Waals surface area contributed by atoms with Crippen molar-refractivity contribution in [2.45, 2.75) is 135 Å². The Bertz CT molecular complexity index is 3670. The quantitative estimate of drug-likeness (QED) is 0.145. The van der Waals surface area contributed by atoms with Gasteiger partial charge < -0.3 is 0 Å². The topological polar surface area (TPSA) is 38.7 Å². The fourth-order valence-electron chi connectivity index (χ4n) is 15.7. The molecule has 0 saturated heterocycles. The molecule has 0 aliphatic heterocycles. The SMILES string of the molecule is CC1(C)CC(C)(C)c2cc(-c3ccc(-c4ccccc4-c4cc(-c5ccccc5-c5ccc(-c6ccc7c(c6)C(C)(C)CC7(C)C)nc5)cc(-c5ccccc5-c5ccc(-c6ccc7c(c6)C(C)(C)CC7(C)C)nc5)c4)cn3)ccc21. The number of rotatable bonds is 9. The van der Waals surface area contributed by atoms with Crippen LogP contribution in [0.1, 0.15) is 136 Å². The van der Waals surface area contributed by atoms with E-state index in [1.165, 1.54) is 33.4 Å². The summed E-state index contributed by atoms with van der Waals surface area (Å²) in [6.45, 7) is 28.5. The first-order valence-corrected chi connectivity index (χ1v) is 29.3. The molecular formula is C78H75N3. The maximum Gasteiger partial charge on any atom is 0.0702 e. The lowest BCUT2D eigenvalue weighted by Crippen LogP contribution is -2.18. The van der Waals surface area contributed by atoms with Gasteiger partial charge in [0, 0.05) is 52.0 Å². The molecule has 402 valence electrons. The molecule has 0 atom stereocenters. The Balaban J connectivity index is 0.905. The van der Waals surface area contributed by atoms with Crippen LogP contribution in [0.2, 0.25) is 0 Å². The highest BCUT2D eigenvalue weighted by atomic mass is 14.7. The van der Waals surface area contributed by atoms with Gasteiger partial charge in [0.15, 0.2) is 0 Å². The summed E-state index contributed by atoms with van der Waals surface area (Å²) >= 11 is 0. The number of benzene rings is 7. The van der Waals surface area contributed by atoms with E-state index in [0.29, 0.717) is 0 Å². The Hall–Kier alpha value is -8.01. The Morgan fingerprint density at radius 3 is 0.679 bits per heavy atom. The van der Waals surface area contributed by atoms with Gasteiger partial charge in [0.1, 0.15) is 0 Å². The van der Waals surface area contributed by atoms with Crippen molar-refractivity contribution in [1.82, 2.24) is 15.0 Å². The van der Waals surface area contributed by atoms with Crippen molar-refractivity contribution < 1.29 is 0 Å². The van der Waals surface area contributed by atoms with Gasteiger partial charge in [-0.25, -0.2) is 0 Å². The molecular weight excluding hydrogens is 979 g/mol. The fraction of sp³-hybridized carbons (Fsp3) is 0.269. The van der Waals surface area contributed by atoms with Crippen molar-refractivity contribution in [2.24, 2.45) is 0 Å². The Labute approximate surface area is 481 Å². The number of hydrogen-bond acceptors (Lipinski definition) is 3. The molecule has 3 heteroatoms. The summed E-state index contributed by atoms with van der Waals surface area (Å²) in [4.78, 5) is 15.6. The van der Waals surface area contributed by atoms with Crippen molar-refractivity contribution in [3.8, 4) is 101 Å². The van der Waals surface area contributed by atoms with Crippen LogP contribution in [0, 0.1) is 0 Å². The molecule has 10 aromatic rings. The molecule has 0 fully saturated rings. The summed E-state index contributed by atoms with van der Waals surface area (Å²) in [6, 6.07) is 67.9. The maximum absolute atomic E-state index is 5.18. The molecule has 3 aliphatic carbocycles. The number of hydrogen-bond donors (Lipinski definition) is 0. The smallest absolute Gasteiger partial charge is 0.0702 e. The zero-order valence-corrected chi connectivity index (χ0v) is 49.5. The van der Waals surface area contributed by atoms with E-state index in [1.54, 1.807) is 0 Å². The van der Waals surface area contributed by atoms with Crippen LogP contribution in [0.4, 0.5) is 0 Å². The van der Waals surface area contributed by atoms with Crippen LogP contribution in [-0.4, -0.2) is 15.0 Å². The molecule has 3 heterocycles. The highest BCUT2D eigenvalue weighted by Crippen LogP contribution is 2.53. The number of aromatic nitrogens is 3. The molecule has 7 aromatic carbocycles. The minimum atomic E-state index is 0.113. The highest BCUT2D eigenvalue weighted by Gasteiger charge is 2.44. The van der Waals surface area contributed by atoms with Gasteiger partial charge in [-0.1, -0.05) is 210 Å². The van der Waals surface area contributed by atoms with Gasteiger partial charge in [-0.15, -0.1) is 0 Å². The van der Waals surface area contributed by atoms with E-state index in [-0.39, 0.29) is 32.5 Å². The second-order valence-corrected chi connectivity index (χ2v) is 27.8. The molecule has 0 radical (unpaired) electrons. The Morgan fingerprint density at radius 1 is 0.222 bits per heavy atom. The van der Waals surface area contributed by atoms with E-state index in [4.69, 9.17) is 15.0 Å². The standard InChI is InChI=1S/C78H75N3/c1-73(2)46-76(7,8)67-40-49(25-31-64(67)73)70-34-28-52(43-79-70)58-19-13-16-22-61(58)55-37-56(62-23-17-14-20-59(62)53-29-35-71(80-44-53)50-26-32-65-68(41-50)77(9,10)47-74(65,3)4)39-57(38-55)63-24-18-15-21-60(63)54-30-36-72(81-45-54)51-27-33-66-69(42-51)78(11,12)48-75(66,5)6/h13-45H,46-48H2,1-12H3. The molecule has 0 N–H and O–H groups in total. The Morgan fingerprint density at radius 2 is 0.444 bits per heavy atom. The number of pyridine rings is 3. The summed E-state index contributed by atoms with van der Waals surface area (Å²) in [5.74, 6) is 0. The first kappa shape index (κ1) is 52.4. The van der Waals surface area contributed by atoms with Crippen molar-refractivity contribution >= 4 is 0 Å². The Kier molecular flexibility index (Phi) is 12.1. The van der Waals surface area contributed by atoms with Crippen LogP contribution in [0.25, 0.3) is 101 Å². The van der Waals surface area contributed by atoms with E-state index >= 15 is 0 Å². The van der Waals surface area contributed by atoms with E-state index in [9.17, 15) is 0 Å². The average molecular weight is 1050 g/mol. The van der Waals surface area contributed by atoms with Crippen LogP contribution in [0.3, 0.4) is 0 Å². The molecule has 3 nitrogen and oxygen atoms in total. The van der Waals surface area contributed by atoms with Gasteiger partial charge in [0.25, 0.3) is 0 Å². The third-order valence-electron chi connectivity index (χ3n) is 18.8. The van der Waals surface area contributed by atoms with Crippen LogP contribution < -0.4 is 0 Å². The van der Waals surface area contributed by atoms with Gasteiger partial charge in [0.2, 0.25) is 0 Å². The first-order valence-electron chi connectivity index (χ1n) is 29.3. The minimum absolute atomic E-state index is 0.113. The minimum Gasteiger partial charge on any atom is -0.256 e. The van der Waals surface area contributed by atoms with E-state index in [1.807, 2.05) is 0 Å². The molecule has 0 amide bonds. The van der Waals surface area contributed by atoms with Crippen molar-refractivity contribution in [1.29, 1.82) is 0 Å². The summed E-state index contributed by atoms with van der Waals surface area (Å²) in [5, 5.41) is 0. The zero-order chi connectivity index (χ0) is 56.4. The second-order valence-electron chi connectivity index (χ2n) is 27.8. The molecule has 0 bridgehead atoms. The van der Waals surface area contributed by atoms with Gasteiger partial charge in [-0.3, -0.25) is 15.0 Å². The van der Waals surface area contributed by atoms with Crippen molar-refractivity contribution in [3.05, 3.63) is 234 Å². The fourth-order valence-corrected chi connectivity index (χ4v) is 15.7. The van der Waals surface area contributed by atoms with Gasteiger partial charge in [-0.2, -0.15) is 0 Å². The largest absolute Gasteiger partial charge is 0.256 e. The lowest BCUT2D eigenvalue weighted by atomic mass is 9.82. The van der Waals surface area contributed by atoms with E-state index in [0.717, 1.165) is 120 Å². The lowest BCUT2D eigenvalue weighted by molar-refractivity contribution is 0.402. The third kappa shape index (κ3) is 9.18. The predicted molar refractivity (Wildman–Crippen MR) is 341 cm³/mol. The second kappa shape index (κ2) is 18.8. The monoisotopic (exact) mass is 1050 g/mol. The highest BCUT2D eigenvalue weighted by molar-refractivity contribution is 5.94. The van der Waals surface area contributed by atoms with Crippen LogP contribution in [0.5, 0.6) is 0 Å². The van der Waals surface area contributed by atoms with Crippen LogP contribution >= 0.6 is 0 Å². The summed E-state index contributed by atoms with van der Waals surface area (Å²) < 4.78 is 0. The normalized spacial score (nSPS) is 17.3. The maximum atomic E-state index is 5.18. The van der Waals surface area contributed by atoms with Gasteiger partial charge in [-0.05, 0) is 190 Å². The van der Waals surface area contributed by atoms with E-state index < -0.39 is 0 Å². The summed E-state index contributed by atoms with van der Waals surface area (Å²) in [6.07, 6.45) is 9.60. The number of fused-ring (bicyclic) bond motifs is 3. The molecule has 3 aliphatic rings. The van der Waals surface area contributed by atoms with Crippen LogP contribution in [-0.2, 0) is 32.5 Å². The average Bonchev–Trinajstić information content (AvgIpc) is 4.14. The molecule has 3 aromatic heterocycles. The van der Waals surface area contributed by atoms with Crippen molar-refractivity contribution in [3.63, 3.8) is 0 Å². The predicted octanol–water partition coefficient (Wildman–Crippen LogP) is 20.8. The van der Waals surface area contributed by atoms with Gasteiger partial charge in [0.05, 0.1) is 17.1 Å². The lowest BCUT2D eigenvalue weighted by Gasteiger charge is -2.22. The molecule has 0 spiro atoms. The van der Waals surface area contributed by atoms with Crippen molar-refractivity contribution in [2.75, 3.05) is 0 Å².